The molecule has 0 atom stereocenters. The summed E-state index contributed by atoms with van der Waals surface area (Å²) in [4.78, 5) is 16.1. The van der Waals surface area contributed by atoms with Crippen LogP contribution in [0.2, 0.25) is 0 Å². The van der Waals surface area contributed by atoms with E-state index < -0.39 is 0 Å². The third-order valence-corrected chi connectivity index (χ3v) is 4.55. The summed E-state index contributed by atoms with van der Waals surface area (Å²) in [5, 5.41) is 10.6. The Kier molecular flexibility index (Phi) is 5.21. The van der Waals surface area contributed by atoms with Gasteiger partial charge in [0.15, 0.2) is 5.16 Å². The fraction of sp³-hybridized carbons (Fsp3) is 0.583. The van der Waals surface area contributed by atoms with Gasteiger partial charge in [0.25, 0.3) is 0 Å². The van der Waals surface area contributed by atoms with Gasteiger partial charge in [-0.15, -0.1) is 16.4 Å². The van der Waals surface area contributed by atoms with Crippen LogP contribution in [0.5, 0.6) is 0 Å². The van der Waals surface area contributed by atoms with Crippen molar-refractivity contribution in [3.05, 3.63) is 26.6 Å². The number of hydrogen-bond acceptors (Lipinski definition) is 5. The summed E-state index contributed by atoms with van der Waals surface area (Å²) >= 11 is 3.26. The van der Waals surface area contributed by atoms with Gasteiger partial charge < -0.3 is 0 Å². The van der Waals surface area contributed by atoms with Gasteiger partial charge in [0.05, 0.1) is 10.7 Å². The molecular formula is C12H18N4OS2. The van der Waals surface area contributed by atoms with Crippen LogP contribution in [-0.4, -0.2) is 19.7 Å². The first kappa shape index (κ1) is 14.3. The number of rotatable bonds is 7. The number of H-pyrrole nitrogens is 1. The number of thiazole rings is 1. The van der Waals surface area contributed by atoms with Crippen molar-refractivity contribution in [3.8, 4) is 0 Å². The summed E-state index contributed by atoms with van der Waals surface area (Å²) in [5.41, 5.74) is 0.936. The van der Waals surface area contributed by atoms with E-state index in [0.717, 1.165) is 35.9 Å². The first-order valence-corrected chi connectivity index (χ1v) is 8.32. The van der Waals surface area contributed by atoms with E-state index in [0.29, 0.717) is 6.54 Å². The highest BCUT2D eigenvalue weighted by Gasteiger charge is 2.09. The number of aromatic amines is 1. The lowest BCUT2D eigenvalue weighted by molar-refractivity contribution is 0.603. The van der Waals surface area contributed by atoms with E-state index in [1.165, 1.54) is 5.01 Å². The number of nitrogens with zero attached hydrogens (tertiary/aromatic N) is 3. The van der Waals surface area contributed by atoms with Crippen LogP contribution in [0.3, 0.4) is 0 Å². The van der Waals surface area contributed by atoms with Crippen LogP contribution in [0.25, 0.3) is 0 Å². The van der Waals surface area contributed by atoms with Crippen LogP contribution >= 0.6 is 23.1 Å². The lowest BCUT2D eigenvalue weighted by Gasteiger charge is -2.01. The van der Waals surface area contributed by atoms with E-state index in [9.17, 15) is 4.79 Å². The van der Waals surface area contributed by atoms with Gasteiger partial charge >= 0.3 is 5.69 Å². The first-order chi connectivity index (χ1) is 9.24. The van der Waals surface area contributed by atoms with Crippen LogP contribution in [0.15, 0.2) is 15.3 Å². The molecule has 1 N–H and O–H groups in total. The maximum Gasteiger partial charge on any atom is 0.343 e. The van der Waals surface area contributed by atoms with Gasteiger partial charge in [0, 0.05) is 17.7 Å². The lowest BCUT2D eigenvalue weighted by atomic mass is 10.3. The first-order valence-electron chi connectivity index (χ1n) is 6.45. The zero-order chi connectivity index (χ0) is 13.7. The summed E-state index contributed by atoms with van der Waals surface area (Å²) in [5.74, 6) is 0.758. The van der Waals surface area contributed by atoms with Gasteiger partial charge in [-0.25, -0.2) is 14.9 Å². The highest BCUT2D eigenvalue weighted by molar-refractivity contribution is 7.98. The fourth-order valence-electron chi connectivity index (χ4n) is 1.72. The third kappa shape index (κ3) is 3.70. The van der Waals surface area contributed by atoms with E-state index in [1.807, 2.05) is 6.92 Å². The van der Waals surface area contributed by atoms with Gasteiger partial charge in [-0.2, -0.15) is 0 Å². The molecule has 0 spiro atoms. The molecule has 19 heavy (non-hydrogen) atoms. The highest BCUT2D eigenvalue weighted by Crippen LogP contribution is 2.21. The average Bonchev–Trinajstić information content (AvgIpc) is 2.97. The largest absolute Gasteiger partial charge is 0.343 e. The molecule has 0 aromatic carbocycles. The molecule has 0 amide bonds. The molecule has 0 saturated carbocycles. The topological polar surface area (TPSA) is 63.6 Å². The number of aryl methyl sites for hydroxylation is 1. The molecule has 0 aliphatic rings. The van der Waals surface area contributed by atoms with Gasteiger partial charge in [-0.3, -0.25) is 4.57 Å². The number of aromatic nitrogens is 4. The monoisotopic (exact) mass is 298 g/mol. The van der Waals surface area contributed by atoms with Crippen LogP contribution in [0.4, 0.5) is 0 Å². The fourth-order valence-corrected chi connectivity index (χ4v) is 3.59. The Bertz CT molecular complexity index is 572. The molecule has 104 valence electrons. The minimum atomic E-state index is -0.130. The zero-order valence-electron chi connectivity index (χ0n) is 11.2. The third-order valence-electron chi connectivity index (χ3n) is 2.58. The van der Waals surface area contributed by atoms with Crippen LogP contribution < -0.4 is 5.69 Å². The quantitative estimate of drug-likeness (QED) is 0.798. The molecule has 0 unspecified atom stereocenters. The second-order valence-electron chi connectivity index (χ2n) is 4.23. The molecule has 2 aromatic rings. The Balaban J connectivity index is 1.99. The van der Waals surface area contributed by atoms with Gasteiger partial charge in [0.1, 0.15) is 0 Å². The van der Waals surface area contributed by atoms with E-state index >= 15 is 0 Å². The van der Waals surface area contributed by atoms with E-state index in [4.69, 9.17) is 0 Å². The second-order valence-corrected chi connectivity index (χ2v) is 6.12. The van der Waals surface area contributed by atoms with Gasteiger partial charge in [-0.05, 0) is 19.3 Å². The minimum Gasteiger partial charge on any atom is -0.270 e. The molecule has 0 fully saturated rings. The van der Waals surface area contributed by atoms with E-state index in [1.54, 1.807) is 27.7 Å². The summed E-state index contributed by atoms with van der Waals surface area (Å²) in [6, 6.07) is 0. The molecule has 0 aliphatic carbocycles. The lowest BCUT2D eigenvalue weighted by Crippen LogP contribution is -2.17. The normalized spacial score (nSPS) is 11.1. The number of thioether (sulfide) groups is 1. The molecule has 5 nitrogen and oxygen atoms in total. The van der Waals surface area contributed by atoms with Crippen molar-refractivity contribution in [1.29, 1.82) is 0 Å². The van der Waals surface area contributed by atoms with Crippen molar-refractivity contribution in [2.45, 2.75) is 50.6 Å². The molecule has 0 bridgehead atoms. The van der Waals surface area contributed by atoms with Crippen molar-refractivity contribution in [3.63, 3.8) is 0 Å². The summed E-state index contributed by atoms with van der Waals surface area (Å²) < 4.78 is 1.68. The van der Waals surface area contributed by atoms with Crippen molar-refractivity contribution >= 4 is 23.1 Å². The minimum absolute atomic E-state index is 0.130. The predicted octanol–water partition coefficient (Wildman–Crippen LogP) is 2.68. The molecule has 0 aliphatic heterocycles. The van der Waals surface area contributed by atoms with Crippen molar-refractivity contribution < 1.29 is 0 Å². The van der Waals surface area contributed by atoms with E-state index in [2.05, 4.69) is 27.5 Å². The SMILES string of the molecule is CCCc1nc(CSc2n[nH]c(=O)n2CCC)cs1. The van der Waals surface area contributed by atoms with Crippen molar-refractivity contribution in [2.75, 3.05) is 0 Å². The van der Waals surface area contributed by atoms with Gasteiger partial charge in [0.2, 0.25) is 0 Å². The maximum absolute atomic E-state index is 11.5. The van der Waals surface area contributed by atoms with Crippen molar-refractivity contribution in [2.24, 2.45) is 0 Å². The molecule has 2 heterocycles. The van der Waals surface area contributed by atoms with Crippen molar-refractivity contribution in [1.82, 2.24) is 19.7 Å². The Morgan fingerprint density at radius 3 is 3.00 bits per heavy atom. The van der Waals surface area contributed by atoms with Crippen LogP contribution in [0, 0.1) is 0 Å². The average molecular weight is 298 g/mol. The van der Waals surface area contributed by atoms with Crippen LogP contribution in [-0.2, 0) is 18.7 Å². The molecular weight excluding hydrogens is 280 g/mol. The Morgan fingerprint density at radius 2 is 2.26 bits per heavy atom. The van der Waals surface area contributed by atoms with E-state index in [-0.39, 0.29) is 5.69 Å². The maximum atomic E-state index is 11.5. The molecule has 0 saturated heterocycles. The number of nitrogens with one attached hydrogen (secondary N) is 1. The molecule has 2 rings (SSSR count). The summed E-state index contributed by atoms with van der Waals surface area (Å²) in [6.07, 6.45) is 3.08. The Hall–Kier alpha value is -1.08. The summed E-state index contributed by atoms with van der Waals surface area (Å²) in [7, 11) is 0. The highest BCUT2D eigenvalue weighted by atomic mass is 32.2. The van der Waals surface area contributed by atoms with Crippen LogP contribution in [0.1, 0.15) is 37.4 Å². The predicted molar refractivity (Wildman–Crippen MR) is 78.8 cm³/mol. The molecule has 2 aromatic heterocycles. The van der Waals surface area contributed by atoms with Gasteiger partial charge in [-0.1, -0.05) is 25.6 Å². The Morgan fingerprint density at radius 1 is 1.42 bits per heavy atom. The number of hydrogen-bond donors (Lipinski definition) is 1. The zero-order valence-corrected chi connectivity index (χ0v) is 12.8. The summed E-state index contributed by atoms with van der Waals surface area (Å²) in [6.45, 7) is 4.91. The Labute approximate surface area is 120 Å². The second kappa shape index (κ2) is 6.91. The molecule has 0 radical (unpaired) electrons. The standard InChI is InChI=1S/C12H18N4OS2/c1-3-5-10-13-9(7-18-10)8-19-12-15-14-11(17)16(12)6-4-2/h7H,3-6,8H2,1-2H3,(H,14,17). The smallest absolute Gasteiger partial charge is 0.270 e. The molecule has 7 heteroatoms.